The molecule has 6 nitrogen and oxygen atoms in total. The van der Waals surface area contributed by atoms with Crippen LogP contribution in [-0.2, 0) is 19.1 Å². The average Bonchev–Trinajstić information content (AvgIpc) is 3.42. The predicted molar refractivity (Wildman–Crippen MR) is 123 cm³/mol. The topological polar surface area (TPSA) is 104 Å². The molecule has 2 N–H and O–H groups in total. The largest absolute Gasteiger partial charge is 0.481 e. The summed E-state index contributed by atoms with van der Waals surface area (Å²) < 4.78 is 6.65. The van der Waals surface area contributed by atoms with Crippen LogP contribution in [0.15, 0.2) is 24.8 Å². The zero-order valence-corrected chi connectivity index (χ0v) is 20.4. The first-order valence-electron chi connectivity index (χ1n) is 12.2. The van der Waals surface area contributed by atoms with Crippen molar-refractivity contribution in [3.63, 3.8) is 0 Å². The standard InChI is InChI=1S/C25H34O6.C2H4/c1-14(26)17-12-15-11-16(27)5-8-21(15,2)25-19(31-25)13-22(3)18(23(17,25)4)6-9-24(22,30)10-7-20(28)29;1-2/h11,17-19,30H,5-10,12-13H2,1-4H3,(H,28,29);1-2H2/t17-,18+,19+,21-,22-,23-,24+,25-;/m0./s1. The first-order chi connectivity index (χ1) is 15.4. The molecule has 0 radical (unpaired) electrons. The summed E-state index contributed by atoms with van der Waals surface area (Å²) in [6.07, 6.45) is 5.67. The number of ether oxygens (including phenoxy) is 1. The van der Waals surface area contributed by atoms with E-state index in [4.69, 9.17) is 4.74 Å². The van der Waals surface area contributed by atoms with Crippen LogP contribution in [0.25, 0.3) is 0 Å². The van der Waals surface area contributed by atoms with E-state index in [1.54, 1.807) is 13.0 Å². The van der Waals surface area contributed by atoms with Crippen molar-refractivity contribution >= 4 is 17.5 Å². The number of carbonyl (C=O) groups excluding carboxylic acids is 2. The van der Waals surface area contributed by atoms with E-state index in [1.165, 1.54) is 0 Å². The number of epoxide rings is 1. The lowest BCUT2D eigenvalue weighted by Crippen LogP contribution is -2.68. The van der Waals surface area contributed by atoms with Crippen molar-refractivity contribution in [2.24, 2.45) is 28.1 Å². The summed E-state index contributed by atoms with van der Waals surface area (Å²) in [4.78, 5) is 36.6. The van der Waals surface area contributed by atoms with Gasteiger partial charge in [-0.25, -0.2) is 0 Å². The maximum absolute atomic E-state index is 13.0. The van der Waals surface area contributed by atoms with Gasteiger partial charge in [0.25, 0.3) is 0 Å². The molecule has 4 fully saturated rings. The highest BCUT2D eigenvalue weighted by Crippen LogP contribution is 2.82. The van der Waals surface area contributed by atoms with Gasteiger partial charge in [-0.2, -0.15) is 0 Å². The van der Waals surface area contributed by atoms with Crippen molar-refractivity contribution < 1.29 is 29.3 Å². The summed E-state index contributed by atoms with van der Waals surface area (Å²) in [6.45, 7) is 14.2. The van der Waals surface area contributed by atoms with E-state index in [2.05, 4.69) is 33.9 Å². The molecule has 0 aromatic carbocycles. The highest BCUT2D eigenvalue weighted by atomic mass is 16.6. The van der Waals surface area contributed by atoms with E-state index in [1.807, 2.05) is 0 Å². The molecule has 3 saturated carbocycles. The fourth-order valence-electron chi connectivity index (χ4n) is 9.07. The van der Waals surface area contributed by atoms with Crippen LogP contribution in [0.4, 0.5) is 0 Å². The van der Waals surface area contributed by atoms with Gasteiger partial charge < -0.3 is 14.9 Å². The van der Waals surface area contributed by atoms with E-state index in [-0.39, 0.29) is 47.8 Å². The van der Waals surface area contributed by atoms with Gasteiger partial charge in [0, 0.05) is 35.0 Å². The van der Waals surface area contributed by atoms with Gasteiger partial charge in [-0.1, -0.05) is 26.3 Å². The molecule has 4 aliphatic carbocycles. The molecule has 0 aromatic heterocycles. The van der Waals surface area contributed by atoms with Gasteiger partial charge in [0.1, 0.15) is 11.4 Å². The Bertz CT molecular complexity index is 939. The number of carboxylic acids is 1. The predicted octanol–water partition coefficient (Wildman–Crippen LogP) is 4.25. The fourth-order valence-corrected chi connectivity index (χ4v) is 9.07. The normalized spacial score (nSPS) is 49.3. The zero-order valence-electron chi connectivity index (χ0n) is 20.4. The monoisotopic (exact) mass is 458 g/mol. The number of hydrogen-bond donors (Lipinski definition) is 2. The van der Waals surface area contributed by atoms with Gasteiger partial charge >= 0.3 is 5.97 Å². The first-order valence-corrected chi connectivity index (χ1v) is 12.2. The quantitative estimate of drug-likeness (QED) is 0.482. The molecular weight excluding hydrogens is 420 g/mol. The van der Waals surface area contributed by atoms with Gasteiger partial charge in [0.05, 0.1) is 11.7 Å². The molecular formula is C27H38O6. The molecule has 1 heterocycles. The number of ketones is 2. The fraction of sp³-hybridized carbons (Fsp3) is 0.741. The smallest absolute Gasteiger partial charge is 0.303 e. The Labute approximate surface area is 196 Å². The van der Waals surface area contributed by atoms with Crippen molar-refractivity contribution in [2.75, 3.05) is 0 Å². The maximum Gasteiger partial charge on any atom is 0.303 e. The number of carbonyl (C=O) groups is 3. The number of aliphatic carboxylic acids is 1. The lowest BCUT2D eigenvalue weighted by molar-refractivity contribution is -0.175. The van der Waals surface area contributed by atoms with Gasteiger partial charge in [0.2, 0.25) is 0 Å². The molecule has 33 heavy (non-hydrogen) atoms. The summed E-state index contributed by atoms with van der Waals surface area (Å²) in [6, 6.07) is 0. The number of rotatable bonds is 4. The third-order valence-corrected chi connectivity index (χ3v) is 10.7. The second-order valence-corrected chi connectivity index (χ2v) is 11.6. The number of Topliss-reactive ketones (excluding diaryl/α,β-unsaturated/α-hetero) is 1. The maximum atomic E-state index is 13.0. The van der Waals surface area contributed by atoms with E-state index in [0.29, 0.717) is 25.7 Å². The van der Waals surface area contributed by atoms with Crippen LogP contribution >= 0.6 is 0 Å². The minimum absolute atomic E-state index is 0.0578. The lowest BCUT2D eigenvalue weighted by Gasteiger charge is -2.64. The summed E-state index contributed by atoms with van der Waals surface area (Å²) in [7, 11) is 0. The molecule has 0 aromatic rings. The van der Waals surface area contributed by atoms with E-state index in [0.717, 1.165) is 18.4 Å². The molecule has 182 valence electrons. The molecule has 1 saturated heterocycles. The summed E-state index contributed by atoms with van der Waals surface area (Å²) in [5, 5.41) is 21.0. The number of aliphatic hydroxyl groups is 1. The lowest BCUT2D eigenvalue weighted by atomic mass is 9.37. The van der Waals surface area contributed by atoms with Crippen molar-refractivity contribution in [1.29, 1.82) is 0 Å². The van der Waals surface area contributed by atoms with Crippen LogP contribution in [0.5, 0.6) is 0 Å². The summed E-state index contributed by atoms with van der Waals surface area (Å²) >= 11 is 0. The molecule has 6 heteroatoms. The molecule has 1 spiro atoms. The Morgan fingerprint density at radius 1 is 1.21 bits per heavy atom. The number of carboxylic acid groups (broad SMARTS) is 1. The van der Waals surface area contributed by atoms with Crippen molar-refractivity contribution in [3.05, 3.63) is 24.8 Å². The Kier molecular flexibility index (Phi) is 5.42. The van der Waals surface area contributed by atoms with Crippen molar-refractivity contribution in [3.8, 4) is 0 Å². The van der Waals surface area contributed by atoms with Crippen LogP contribution < -0.4 is 0 Å². The van der Waals surface area contributed by atoms with E-state index >= 15 is 0 Å². The minimum Gasteiger partial charge on any atom is -0.481 e. The first kappa shape index (κ1) is 24.3. The van der Waals surface area contributed by atoms with Gasteiger partial charge in [0.15, 0.2) is 5.78 Å². The third-order valence-electron chi connectivity index (χ3n) is 10.7. The zero-order chi connectivity index (χ0) is 24.6. The van der Waals surface area contributed by atoms with E-state index in [9.17, 15) is 24.6 Å². The Morgan fingerprint density at radius 2 is 1.88 bits per heavy atom. The van der Waals surface area contributed by atoms with Crippen molar-refractivity contribution in [1.82, 2.24) is 0 Å². The SMILES string of the molecule is C=C.CC(=O)[C@@H]1CC2=CC(=O)CC[C@]2(C)[C@@]23O[C@@H]2C[C@@]2(C)[C@@H](CC[C@@]2(O)CCC(=O)O)[C@]13C. The second kappa shape index (κ2) is 7.35. The van der Waals surface area contributed by atoms with Gasteiger partial charge in [-0.3, -0.25) is 14.4 Å². The average molecular weight is 459 g/mol. The Balaban J connectivity index is 0.00000126. The Morgan fingerprint density at radius 3 is 2.48 bits per heavy atom. The Hall–Kier alpha value is -1.79. The minimum atomic E-state index is -1.07. The summed E-state index contributed by atoms with van der Waals surface area (Å²) in [5.74, 6) is -0.858. The van der Waals surface area contributed by atoms with Gasteiger partial charge in [-0.05, 0) is 57.4 Å². The van der Waals surface area contributed by atoms with Crippen LogP contribution in [0.1, 0.15) is 79.1 Å². The van der Waals surface area contributed by atoms with Crippen LogP contribution in [0.2, 0.25) is 0 Å². The molecule has 5 aliphatic rings. The molecule has 5 rings (SSSR count). The van der Waals surface area contributed by atoms with Crippen molar-refractivity contribution in [2.45, 2.75) is 96.4 Å². The molecule has 8 atom stereocenters. The second-order valence-electron chi connectivity index (χ2n) is 11.6. The highest BCUT2D eigenvalue weighted by Gasteiger charge is 2.86. The van der Waals surface area contributed by atoms with Crippen LogP contribution in [0, 0.1) is 28.1 Å². The van der Waals surface area contributed by atoms with E-state index < -0.39 is 28.0 Å². The van der Waals surface area contributed by atoms with Gasteiger partial charge in [-0.15, -0.1) is 13.2 Å². The highest BCUT2D eigenvalue weighted by molar-refractivity contribution is 5.92. The third kappa shape index (κ3) is 2.77. The molecule has 1 aliphatic heterocycles. The van der Waals surface area contributed by atoms with Crippen LogP contribution in [0.3, 0.4) is 0 Å². The molecule has 0 unspecified atom stereocenters. The van der Waals surface area contributed by atoms with Crippen LogP contribution in [-0.4, -0.2) is 45.1 Å². The molecule has 0 amide bonds. The molecule has 0 bridgehead atoms. The summed E-state index contributed by atoms with van der Waals surface area (Å²) in [5.41, 5.74) is -1.75. The number of hydrogen-bond acceptors (Lipinski definition) is 5. The number of fused-ring (bicyclic) bond motifs is 3.